The first-order valence-electron chi connectivity index (χ1n) is 5.91. The minimum Gasteiger partial charge on any atom is -0.491 e. The maximum absolute atomic E-state index is 12.3. The van der Waals surface area contributed by atoms with Crippen molar-refractivity contribution < 1.29 is 9.53 Å². The van der Waals surface area contributed by atoms with Gasteiger partial charge in [-0.3, -0.25) is 4.79 Å². The third kappa shape index (κ3) is 3.09. The van der Waals surface area contributed by atoms with Gasteiger partial charge in [-0.15, -0.1) is 11.8 Å². The predicted molar refractivity (Wildman–Crippen MR) is 75.0 cm³/mol. The molecule has 98 valence electrons. The highest BCUT2D eigenvalue weighted by atomic mass is 32.2. The second kappa shape index (κ2) is 6.30. The molecule has 1 aliphatic rings. The summed E-state index contributed by atoms with van der Waals surface area (Å²) in [6.45, 7) is 0.665. The Bertz CT molecular complexity index is 534. The molecular weight excluding hydrogens is 260 g/mol. The van der Waals surface area contributed by atoms with Gasteiger partial charge in [0, 0.05) is 18.4 Å². The van der Waals surface area contributed by atoms with Crippen LogP contribution in [0.3, 0.4) is 0 Å². The number of ether oxygens (including phenoxy) is 1. The molecule has 1 heterocycles. The van der Waals surface area contributed by atoms with Crippen molar-refractivity contribution in [3.8, 4) is 6.07 Å². The normalized spacial score (nSPS) is 14.5. The summed E-state index contributed by atoms with van der Waals surface area (Å²) in [5, 5.41) is 8.67. The van der Waals surface area contributed by atoms with Crippen LogP contribution in [-0.4, -0.2) is 36.8 Å². The molecule has 0 aromatic heterocycles. The number of nitriles is 1. The molecule has 0 aliphatic carbocycles. The molecule has 1 aromatic carbocycles. The first-order chi connectivity index (χ1) is 9.24. The van der Waals surface area contributed by atoms with E-state index in [1.165, 1.54) is 16.7 Å². The summed E-state index contributed by atoms with van der Waals surface area (Å²) in [4.78, 5) is 14.3. The van der Waals surface area contributed by atoms with Crippen LogP contribution in [0.4, 0.5) is 0 Å². The van der Waals surface area contributed by atoms with Gasteiger partial charge in [-0.1, -0.05) is 30.3 Å². The summed E-state index contributed by atoms with van der Waals surface area (Å²) < 4.78 is 5.65. The monoisotopic (exact) mass is 274 g/mol. The maximum atomic E-state index is 12.3. The van der Waals surface area contributed by atoms with Crippen LogP contribution < -0.4 is 0 Å². The van der Waals surface area contributed by atoms with Crippen LogP contribution in [0.5, 0.6) is 0 Å². The molecule has 0 unspecified atom stereocenters. The van der Waals surface area contributed by atoms with Crippen LogP contribution in [0.2, 0.25) is 0 Å². The molecule has 5 heteroatoms. The van der Waals surface area contributed by atoms with Crippen LogP contribution >= 0.6 is 11.8 Å². The molecule has 19 heavy (non-hydrogen) atoms. The van der Waals surface area contributed by atoms with Crippen LogP contribution in [-0.2, 0) is 9.53 Å². The van der Waals surface area contributed by atoms with Crippen molar-refractivity contribution in [3.63, 3.8) is 0 Å². The summed E-state index contributed by atoms with van der Waals surface area (Å²) in [6.07, 6.45) is 0. The van der Waals surface area contributed by atoms with Gasteiger partial charge >= 0.3 is 0 Å². The summed E-state index contributed by atoms with van der Waals surface area (Å²) >= 11 is 1.48. The fourth-order valence-electron chi connectivity index (χ4n) is 1.73. The molecule has 1 aliphatic heterocycles. The number of hydrogen-bond donors (Lipinski definition) is 0. The fourth-order valence-corrected chi connectivity index (χ4v) is 2.69. The van der Waals surface area contributed by atoms with Crippen molar-refractivity contribution in [1.29, 1.82) is 5.26 Å². The fraction of sp³-hybridized carbons (Fsp3) is 0.286. The number of hydrogen-bond acceptors (Lipinski definition) is 4. The Kier molecular flexibility index (Phi) is 4.48. The summed E-state index contributed by atoms with van der Waals surface area (Å²) in [7, 11) is 1.62. The first-order valence-corrected chi connectivity index (χ1v) is 6.90. The molecule has 0 bridgehead atoms. The zero-order valence-corrected chi connectivity index (χ0v) is 11.4. The standard InChI is InChI=1S/C14H14N2O2S/c1-16(8-7-15)14(17)13-12(18-9-10-19-13)11-5-3-2-4-6-11/h2-6H,8-10H2,1H3. The van der Waals surface area contributed by atoms with E-state index in [1.807, 2.05) is 36.4 Å². The van der Waals surface area contributed by atoms with Crippen molar-refractivity contribution in [2.75, 3.05) is 26.0 Å². The van der Waals surface area contributed by atoms with Gasteiger partial charge in [0.25, 0.3) is 5.91 Å². The van der Waals surface area contributed by atoms with E-state index in [2.05, 4.69) is 0 Å². The molecule has 0 saturated heterocycles. The van der Waals surface area contributed by atoms with E-state index in [-0.39, 0.29) is 12.5 Å². The topological polar surface area (TPSA) is 53.3 Å². The van der Waals surface area contributed by atoms with Crippen LogP contribution in [0.15, 0.2) is 35.2 Å². The highest BCUT2D eigenvalue weighted by Crippen LogP contribution is 2.33. The summed E-state index contributed by atoms with van der Waals surface area (Å²) in [6, 6.07) is 11.5. The van der Waals surface area contributed by atoms with E-state index in [9.17, 15) is 4.79 Å². The molecule has 0 fully saturated rings. The minimum absolute atomic E-state index is 0.0744. The van der Waals surface area contributed by atoms with Crippen molar-refractivity contribution in [3.05, 3.63) is 40.8 Å². The van der Waals surface area contributed by atoms with Gasteiger partial charge in [0.15, 0.2) is 0 Å². The largest absolute Gasteiger partial charge is 0.491 e. The molecular formula is C14H14N2O2S. The van der Waals surface area contributed by atoms with Crippen LogP contribution in [0.1, 0.15) is 5.56 Å². The van der Waals surface area contributed by atoms with Crippen molar-refractivity contribution in [1.82, 2.24) is 4.90 Å². The number of carbonyl (C=O) groups excluding carboxylic acids is 1. The third-order valence-electron chi connectivity index (χ3n) is 2.67. The molecule has 1 aromatic rings. The second-order valence-corrected chi connectivity index (χ2v) is 5.15. The number of amides is 1. The number of rotatable bonds is 3. The van der Waals surface area contributed by atoms with Gasteiger partial charge < -0.3 is 9.64 Å². The van der Waals surface area contributed by atoms with Crippen LogP contribution in [0.25, 0.3) is 5.76 Å². The van der Waals surface area contributed by atoms with Gasteiger partial charge in [-0.05, 0) is 0 Å². The van der Waals surface area contributed by atoms with E-state index in [1.54, 1.807) is 7.05 Å². The quantitative estimate of drug-likeness (QED) is 0.792. The Labute approximate surface area is 116 Å². The number of thioether (sulfide) groups is 1. The smallest absolute Gasteiger partial charge is 0.264 e. The summed E-state index contributed by atoms with van der Waals surface area (Å²) in [5.74, 6) is 1.20. The first kappa shape index (κ1) is 13.5. The van der Waals surface area contributed by atoms with E-state index in [0.29, 0.717) is 17.3 Å². The molecule has 0 saturated carbocycles. The van der Waals surface area contributed by atoms with Gasteiger partial charge in [0.1, 0.15) is 17.2 Å². The van der Waals surface area contributed by atoms with E-state index >= 15 is 0 Å². The van der Waals surface area contributed by atoms with Crippen molar-refractivity contribution in [2.45, 2.75) is 0 Å². The zero-order valence-electron chi connectivity index (χ0n) is 10.6. The molecule has 2 rings (SSSR count). The highest BCUT2D eigenvalue weighted by molar-refractivity contribution is 8.04. The van der Waals surface area contributed by atoms with E-state index < -0.39 is 0 Å². The average molecular weight is 274 g/mol. The third-order valence-corrected chi connectivity index (χ3v) is 3.69. The van der Waals surface area contributed by atoms with E-state index in [4.69, 9.17) is 10.00 Å². The second-order valence-electron chi connectivity index (χ2n) is 4.04. The Morgan fingerprint density at radius 3 is 2.89 bits per heavy atom. The van der Waals surface area contributed by atoms with Gasteiger partial charge in [0.05, 0.1) is 12.7 Å². The van der Waals surface area contributed by atoms with Gasteiger partial charge in [-0.25, -0.2) is 0 Å². The maximum Gasteiger partial charge on any atom is 0.264 e. The lowest BCUT2D eigenvalue weighted by atomic mass is 10.1. The number of benzene rings is 1. The Morgan fingerprint density at radius 1 is 1.47 bits per heavy atom. The van der Waals surface area contributed by atoms with Crippen molar-refractivity contribution >= 4 is 23.4 Å². The lowest BCUT2D eigenvalue weighted by Crippen LogP contribution is -2.29. The highest BCUT2D eigenvalue weighted by Gasteiger charge is 2.24. The number of likely N-dealkylation sites (N-methyl/N-ethyl adjacent to an activating group) is 1. The Balaban J connectivity index is 2.35. The Morgan fingerprint density at radius 2 is 2.21 bits per heavy atom. The molecule has 0 N–H and O–H groups in total. The van der Waals surface area contributed by atoms with Gasteiger partial charge in [-0.2, -0.15) is 5.26 Å². The lowest BCUT2D eigenvalue weighted by Gasteiger charge is -2.23. The lowest BCUT2D eigenvalue weighted by molar-refractivity contribution is -0.124. The SMILES string of the molecule is CN(CC#N)C(=O)C1=C(c2ccccc2)OCCS1. The van der Waals surface area contributed by atoms with E-state index in [0.717, 1.165) is 11.3 Å². The molecule has 0 radical (unpaired) electrons. The van der Waals surface area contributed by atoms with Crippen molar-refractivity contribution in [2.24, 2.45) is 0 Å². The van der Waals surface area contributed by atoms with Gasteiger partial charge in [0.2, 0.25) is 0 Å². The zero-order chi connectivity index (χ0) is 13.7. The molecule has 4 nitrogen and oxygen atoms in total. The predicted octanol–water partition coefficient (Wildman–Crippen LogP) is 2.10. The Hall–Kier alpha value is -1.93. The average Bonchev–Trinajstić information content (AvgIpc) is 2.47. The summed E-state index contributed by atoms with van der Waals surface area (Å²) in [5.41, 5.74) is 0.892. The molecule has 0 atom stereocenters. The minimum atomic E-state index is -0.162. The molecule has 1 amide bonds. The molecule has 0 spiro atoms. The number of nitrogens with zero attached hydrogens (tertiary/aromatic N) is 2. The number of carbonyl (C=O) groups is 1. The van der Waals surface area contributed by atoms with Crippen LogP contribution in [0, 0.1) is 11.3 Å².